The average Bonchev–Trinajstić information content (AvgIpc) is 2.14. The van der Waals surface area contributed by atoms with Crippen molar-refractivity contribution < 1.29 is 34.8 Å². The van der Waals surface area contributed by atoms with E-state index in [0.29, 0.717) is 0 Å². The highest BCUT2D eigenvalue weighted by Gasteiger charge is 2.35. The number of carboxylic acid groups (broad SMARTS) is 3. The zero-order chi connectivity index (χ0) is 14.5. The quantitative estimate of drug-likeness (QED) is 0.434. The van der Waals surface area contributed by atoms with Gasteiger partial charge in [0.1, 0.15) is 6.04 Å². The minimum Gasteiger partial charge on any atom is -0.480 e. The Kier molecular flexibility index (Phi) is 6.28. The van der Waals surface area contributed by atoms with Crippen LogP contribution in [0.5, 0.6) is 0 Å². The Bertz CT molecular complexity index is 312. The lowest BCUT2D eigenvalue weighted by molar-refractivity contribution is -0.152. The molecule has 4 N–H and O–H groups in total. The van der Waals surface area contributed by atoms with Crippen LogP contribution in [0, 0.1) is 5.92 Å². The Morgan fingerprint density at radius 2 is 1.39 bits per heavy atom. The lowest BCUT2D eigenvalue weighted by Crippen LogP contribution is -2.51. The van der Waals surface area contributed by atoms with Gasteiger partial charge in [-0.15, -0.1) is 0 Å². The number of carboxylic acids is 3. The second-order valence-electron chi connectivity index (χ2n) is 4.08. The van der Waals surface area contributed by atoms with Gasteiger partial charge in [0.15, 0.2) is 0 Å². The van der Waals surface area contributed by atoms with Gasteiger partial charge in [-0.25, -0.2) is 0 Å². The number of hydrogen-bond donors (Lipinski definition) is 4. The summed E-state index contributed by atoms with van der Waals surface area (Å²) in [7, 11) is 0. The largest absolute Gasteiger partial charge is 0.480 e. The van der Waals surface area contributed by atoms with Crippen molar-refractivity contribution in [3.63, 3.8) is 0 Å². The van der Waals surface area contributed by atoms with Gasteiger partial charge in [-0.2, -0.15) is 0 Å². The number of aliphatic hydroxyl groups is 1. The number of nitrogens with zero attached hydrogens (tertiary/aromatic N) is 1. The van der Waals surface area contributed by atoms with E-state index in [1.165, 1.54) is 13.8 Å². The molecule has 0 spiro atoms. The predicted molar refractivity (Wildman–Crippen MR) is 59.1 cm³/mol. The summed E-state index contributed by atoms with van der Waals surface area (Å²) in [5, 5.41) is 35.7. The fourth-order valence-electron chi connectivity index (χ4n) is 1.58. The highest BCUT2D eigenvalue weighted by atomic mass is 16.4. The van der Waals surface area contributed by atoms with E-state index in [-0.39, 0.29) is 0 Å². The molecule has 8 nitrogen and oxygen atoms in total. The minimum atomic E-state index is -1.38. The Hall–Kier alpha value is -1.67. The van der Waals surface area contributed by atoms with Gasteiger partial charge < -0.3 is 20.4 Å². The summed E-state index contributed by atoms with van der Waals surface area (Å²) in [4.78, 5) is 33.1. The third-order valence-corrected chi connectivity index (χ3v) is 2.58. The van der Waals surface area contributed by atoms with Crippen LogP contribution in [-0.2, 0) is 14.4 Å². The zero-order valence-electron chi connectivity index (χ0n) is 10.1. The third kappa shape index (κ3) is 5.11. The van der Waals surface area contributed by atoms with Gasteiger partial charge in [0.2, 0.25) is 0 Å². The van der Waals surface area contributed by atoms with E-state index in [2.05, 4.69) is 0 Å². The standard InChI is InChI=1S/C10H17NO7/c1-5(6(2)12)9(10(17)18)11(3-7(13)14)4-8(15)16/h5-6,9,12H,3-4H2,1-2H3,(H,13,14)(H,15,16)(H,17,18)/t5-,6-,9-/m0/s1. The Labute approximate surface area is 103 Å². The summed E-state index contributed by atoms with van der Waals surface area (Å²) in [6, 6.07) is -1.38. The van der Waals surface area contributed by atoms with Gasteiger partial charge in [0.25, 0.3) is 0 Å². The first-order valence-electron chi connectivity index (χ1n) is 5.25. The van der Waals surface area contributed by atoms with Gasteiger partial charge in [-0.1, -0.05) is 6.92 Å². The molecule has 0 heterocycles. The van der Waals surface area contributed by atoms with Crippen LogP contribution in [0.15, 0.2) is 0 Å². The van der Waals surface area contributed by atoms with Crippen LogP contribution in [-0.4, -0.2) is 68.5 Å². The molecule has 0 saturated carbocycles. The van der Waals surface area contributed by atoms with Crippen molar-refractivity contribution in [2.24, 2.45) is 5.92 Å². The van der Waals surface area contributed by atoms with Gasteiger partial charge in [-0.3, -0.25) is 19.3 Å². The second-order valence-corrected chi connectivity index (χ2v) is 4.08. The molecule has 0 aliphatic carbocycles. The van der Waals surface area contributed by atoms with Crippen molar-refractivity contribution in [2.75, 3.05) is 13.1 Å². The van der Waals surface area contributed by atoms with Gasteiger partial charge in [-0.05, 0) is 6.92 Å². The summed E-state index contributed by atoms with van der Waals surface area (Å²) in [5.74, 6) is -4.84. The maximum atomic E-state index is 11.1. The van der Waals surface area contributed by atoms with Crippen LogP contribution in [0.3, 0.4) is 0 Å². The molecule has 0 aliphatic heterocycles. The smallest absolute Gasteiger partial charge is 0.321 e. The van der Waals surface area contributed by atoms with Gasteiger partial charge in [0, 0.05) is 5.92 Å². The van der Waals surface area contributed by atoms with E-state index in [0.717, 1.165) is 4.90 Å². The van der Waals surface area contributed by atoms with E-state index >= 15 is 0 Å². The molecule has 0 aliphatic rings. The molecule has 0 bridgehead atoms. The highest BCUT2D eigenvalue weighted by Crippen LogP contribution is 2.15. The summed E-state index contributed by atoms with van der Waals surface area (Å²) >= 11 is 0. The summed E-state index contributed by atoms with van der Waals surface area (Å²) in [6.07, 6.45) is -1.00. The van der Waals surface area contributed by atoms with Crippen molar-refractivity contribution in [3.05, 3.63) is 0 Å². The highest BCUT2D eigenvalue weighted by molar-refractivity contribution is 5.78. The fourth-order valence-corrected chi connectivity index (χ4v) is 1.58. The summed E-state index contributed by atoms with van der Waals surface area (Å²) in [6.45, 7) is 1.33. The van der Waals surface area contributed by atoms with E-state index < -0.39 is 49.1 Å². The van der Waals surface area contributed by atoms with E-state index in [1.807, 2.05) is 0 Å². The number of hydrogen-bond acceptors (Lipinski definition) is 5. The lowest BCUT2D eigenvalue weighted by atomic mass is 9.95. The molecule has 0 rings (SSSR count). The summed E-state index contributed by atoms with van der Waals surface area (Å²) in [5.41, 5.74) is 0. The topological polar surface area (TPSA) is 135 Å². The lowest BCUT2D eigenvalue weighted by Gasteiger charge is -2.31. The second kappa shape index (κ2) is 6.92. The monoisotopic (exact) mass is 263 g/mol. The third-order valence-electron chi connectivity index (χ3n) is 2.58. The molecule has 3 atom stereocenters. The molecular formula is C10H17NO7. The van der Waals surface area contributed by atoms with Crippen molar-refractivity contribution in [1.29, 1.82) is 0 Å². The molecule has 0 aromatic heterocycles. The molecule has 0 aromatic rings. The minimum absolute atomic E-state index is 0.722. The Morgan fingerprint density at radius 1 is 1.00 bits per heavy atom. The first kappa shape index (κ1) is 16.3. The van der Waals surface area contributed by atoms with Crippen LogP contribution in [0.2, 0.25) is 0 Å². The average molecular weight is 263 g/mol. The summed E-state index contributed by atoms with van der Waals surface area (Å²) < 4.78 is 0. The SMILES string of the molecule is C[C@@H]([C@H](C)O)[C@@H](C(=O)O)N(CC(=O)O)CC(=O)O. The van der Waals surface area contributed by atoms with Gasteiger partial charge >= 0.3 is 17.9 Å². The van der Waals surface area contributed by atoms with Crippen LogP contribution in [0.4, 0.5) is 0 Å². The van der Waals surface area contributed by atoms with Gasteiger partial charge in [0.05, 0.1) is 19.2 Å². The molecule has 0 aromatic carbocycles. The maximum Gasteiger partial charge on any atom is 0.321 e. The molecule has 8 heteroatoms. The van der Waals surface area contributed by atoms with E-state index in [1.54, 1.807) is 0 Å². The molecule has 0 unspecified atom stereocenters. The zero-order valence-corrected chi connectivity index (χ0v) is 10.1. The Balaban J connectivity index is 5.13. The van der Waals surface area contributed by atoms with Crippen LogP contribution in [0.25, 0.3) is 0 Å². The van der Waals surface area contributed by atoms with E-state index in [9.17, 15) is 19.5 Å². The normalized spacial score (nSPS) is 16.0. The molecule has 0 saturated heterocycles. The van der Waals surface area contributed by atoms with Crippen molar-refractivity contribution >= 4 is 17.9 Å². The first-order chi connectivity index (χ1) is 8.16. The Morgan fingerprint density at radius 3 is 1.61 bits per heavy atom. The number of aliphatic hydroxyl groups excluding tert-OH is 1. The van der Waals surface area contributed by atoms with Crippen LogP contribution >= 0.6 is 0 Å². The van der Waals surface area contributed by atoms with E-state index in [4.69, 9.17) is 15.3 Å². The molecule has 104 valence electrons. The number of aliphatic carboxylic acids is 3. The first-order valence-corrected chi connectivity index (χ1v) is 5.25. The number of carbonyl (C=O) groups is 3. The van der Waals surface area contributed by atoms with Crippen LogP contribution in [0.1, 0.15) is 13.8 Å². The van der Waals surface area contributed by atoms with Crippen molar-refractivity contribution in [3.8, 4) is 0 Å². The van der Waals surface area contributed by atoms with Crippen molar-refractivity contribution in [1.82, 2.24) is 4.90 Å². The van der Waals surface area contributed by atoms with Crippen molar-refractivity contribution in [2.45, 2.75) is 26.0 Å². The maximum absolute atomic E-state index is 11.1. The molecule has 0 radical (unpaired) electrons. The fraction of sp³-hybridized carbons (Fsp3) is 0.700. The molecule has 0 fully saturated rings. The number of rotatable bonds is 8. The molecule has 18 heavy (non-hydrogen) atoms. The van der Waals surface area contributed by atoms with Crippen LogP contribution < -0.4 is 0 Å². The molecule has 0 amide bonds. The predicted octanol–water partition coefficient (Wildman–Crippen LogP) is -1.07. The molecular weight excluding hydrogens is 246 g/mol.